The average Bonchev–Trinajstić information content (AvgIpc) is 2.19. The summed E-state index contributed by atoms with van der Waals surface area (Å²) in [6, 6.07) is 3.93. The molecule has 0 saturated heterocycles. The Balaban J connectivity index is 2.92. The number of halogens is 2. The first kappa shape index (κ1) is 13.0. The zero-order chi connectivity index (χ0) is 11.4. The summed E-state index contributed by atoms with van der Waals surface area (Å²) in [4.78, 5) is 0. The van der Waals surface area contributed by atoms with E-state index in [0.29, 0.717) is 5.75 Å². The third-order valence-corrected chi connectivity index (χ3v) is 3.29. The summed E-state index contributed by atoms with van der Waals surface area (Å²) in [7, 11) is 0. The SMILES string of the molecule is CCCNC(C)c1cc(Br)cc(Br)c1O. The van der Waals surface area contributed by atoms with E-state index in [1.165, 1.54) is 0 Å². The number of hydrogen-bond donors (Lipinski definition) is 2. The molecule has 0 spiro atoms. The van der Waals surface area contributed by atoms with Crippen molar-refractivity contribution in [1.29, 1.82) is 0 Å². The van der Waals surface area contributed by atoms with Gasteiger partial charge in [0.25, 0.3) is 0 Å². The molecule has 1 aromatic carbocycles. The van der Waals surface area contributed by atoms with Crippen molar-refractivity contribution in [2.75, 3.05) is 6.54 Å². The second-order valence-electron chi connectivity index (χ2n) is 3.50. The molecule has 84 valence electrons. The van der Waals surface area contributed by atoms with Gasteiger partial charge in [-0.1, -0.05) is 22.9 Å². The lowest BCUT2D eigenvalue weighted by Crippen LogP contribution is -2.19. The number of phenolic OH excluding ortho intramolecular Hbond substituents is 1. The van der Waals surface area contributed by atoms with Crippen LogP contribution in [0.25, 0.3) is 0 Å². The summed E-state index contributed by atoms with van der Waals surface area (Å²) in [5.74, 6) is 0.314. The van der Waals surface area contributed by atoms with Crippen molar-refractivity contribution >= 4 is 31.9 Å². The Morgan fingerprint density at radius 1 is 1.40 bits per heavy atom. The molecule has 0 aromatic heterocycles. The molecule has 0 aliphatic rings. The molecule has 0 aliphatic carbocycles. The van der Waals surface area contributed by atoms with Gasteiger partial charge >= 0.3 is 0 Å². The van der Waals surface area contributed by atoms with Gasteiger partial charge in [-0.3, -0.25) is 0 Å². The lowest BCUT2D eigenvalue weighted by atomic mass is 10.1. The highest BCUT2D eigenvalue weighted by atomic mass is 79.9. The normalized spacial score (nSPS) is 12.8. The third-order valence-electron chi connectivity index (χ3n) is 2.22. The fourth-order valence-electron chi connectivity index (χ4n) is 1.39. The molecule has 0 aliphatic heterocycles. The van der Waals surface area contributed by atoms with Gasteiger partial charge < -0.3 is 10.4 Å². The number of aromatic hydroxyl groups is 1. The molecule has 0 fully saturated rings. The number of nitrogens with one attached hydrogen (secondary N) is 1. The molecule has 1 atom stereocenters. The summed E-state index contributed by atoms with van der Waals surface area (Å²) in [5, 5.41) is 13.2. The van der Waals surface area contributed by atoms with Crippen LogP contribution in [-0.2, 0) is 0 Å². The van der Waals surface area contributed by atoms with Crippen LogP contribution in [0.1, 0.15) is 31.9 Å². The molecule has 0 bridgehead atoms. The Morgan fingerprint density at radius 2 is 2.07 bits per heavy atom. The first-order valence-electron chi connectivity index (χ1n) is 4.97. The van der Waals surface area contributed by atoms with Crippen molar-refractivity contribution in [2.45, 2.75) is 26.3 Å². The first-order valence-corrected chi connectivity index (χ1v) is 6.56. The molecule has 1 rings (SSSR count). The molecule has 0 heterocycles. The van der Waals surface area contributed by atoms with E-state index in [1.54, 1.807) is 0 Å². The molecule has 0 saturated carbocycles. The highest BCUT2D eigenvalue weighted by molar-refractivity contribution is 9.11. The zero-order valence-electron chi connectivity index (χ0n) is 8.85. The van der Waals surface area contributed by atoms with E-state index in [-0.39, 0.29) is 6.04 Å². The van der Waals surface area contributed by atoms with Crippen LogP contribution in [0.2, 0.25) is 0 Å². The van der Waals surface area contributed by atoms with Crippen molar-refractivity contribution in [3.63, 3.8) is 0 Å². The maximum Gasteiger partial charge on any atom is 0.134 e. The van der Waals surface area contributed by atoms with E-state index in [2.05, 4.69) is 44.1 Å². The Labute approximate surface area is 107 Å². The largest absolute Gasteiger partial charge is 0.506 e. The van der Waals surface area contributed by atoms with Crippen molar-refractivity contribution in [3.05, 3.63) is 26.6 Å². The summed E-state index contributed by atoms with van der Waals surface area (Å²) in [6.45, 7) is 5.12. The van der Waals surface area contributed by atoms with Crippen LogP contribution in [0.5, 0.6) is 5.75 Å². The van der Waals surface area contributed by atoms with Gasteiger partial charge in [-0.25, -0.2) is 0 Å². The minimum Gasteiger partial charge on any atom is -0.506 e. The van der Waals surface area contributed by atoms with Gasteiger partial charge in [-0.15, -0.1) is 0 Å². The molecule has 0 radical (unpaired) electrons. The molecule has 15 heavy (non-hydrogen) atoms. The molecule has 1 unspecified atom stereocenters. The highest BCUT2D eigenvalue weighted by Gasteiger charge is 2.12. The second-order valence-corrected chi connectivity index (χ2v) is 5.27. The van der Waals surface area contributed by atoms with Crippen LogP contribution >= 0.6 is 31.9 Å². The Morgan fingerprint density at radius 3 is 2.67 bits per heavy atom. The molecule has 2 N–H and O–H groups in total. The highest BCUT2D eigenvalue weighted by Crippen LogP contribution is 2.34. The van der Waals surface area contributed by atoms with E-state index in [1.807, 2.05) is 19.1 Å². The molecule has 0 amide bonds. The van der Waals surface area contributed by atoms with Gasteiger partial charge in [0.05, 0.1) is 4.47 Å². The van der Waals surface area contributed by atoms with E-state index >= 15 is 0 Å². The van der Waals surface area contributed by atoms with E-state index in [0.717, 1.165) is 27.5 Å². The summed E-state index contributed by atoms with van der Waals surface area (Å²) in [6.07, 6.45) is 1.08. The number of hydrogen-bond acceptors (Lipinski definition) is 2. The van der Waals surface area contributed by atoms with Crippen molar-refractivity contribution < 1.29 is 5.11 Å². The van der Waals surface area contributed by atoms with Gasteiger partial charge in [0, 0.05) is 16.1 Å². The van der Waals surface area contributed by atoms with Crippen molar-refractivity contribution in [1.82, 2.24) is 5.32 Å². The molecular formula is C11H15Br2NO. The number of rotatable bonds is 4. The summed E-state index contributed by atoms with van der Waals surface area (Å²) >= 11 is 6.74. The quantitative estimate of drug-likeness (QED) is 0.871. The van der Waals surface area contributed by atoms with E-state index < -0.39 is 0 Å². The molecular weight excluding hydrogens is 322 g/mol. The van der Waals surface area contributed by atoms with E-state index in [4.69, 9.17) is 0 Å². The van der Waals surface area contributed by atoms with Gasteiger partial charge in [0.1, 0.15) is 5.75 Å². The topological polar surface area (TPSA) is 32.3 Å². The Bertz CT molecular complexity index is 342. The van der Waals surface area contributed by atoms with Gasteiger partial charge in [-0.05, 0) is 48.0 Å². The Hall–Kier alpha value is -0.0600. The van der Waals surface area contributed by atoms with Crippen LogP contribution in [0.15, 0.2) is 21.1 Å². The summed E-state index contributed by atoms with van der Waals surface area (Å²) < 4.78 is 1.68. The zero-order valence-corrected chi connectivity index (χ0v) is 12.0. The fraction of sp³-hybridized carbons (Fsp3) is 0.455. The van der Waals surface area contributed by atoms with Crippen LogP contribution in [0.4, 0.5) is 0 Å². The maximum absolute atomic E-state index is 9.88. The van der Waals surface area contributed by atoms with Gasteiger partial charge in [-0.2, -0.15) is 0 Å². The van der Waals surface area contributed by atoms with Crippen LogP contribution in [0, 0.1) is 0 Å². The maximum atomic E-state index is 9.88. The van der Waals surface area contributed by atoms with Crippen LogP contribution in [-0.4, -0.2) is 11.7 Å². The van der Waals surface area contributed by atoms with Crippen LogP contribution in [0.3, 0.4) is 0 Å². The monoisotopic (exact) mass is 335 g/mol. The van der Waals surface area contributed by atoms with Crippen molar-refractivity contribution in [2.24, 2.45) is 0 Å². The van der Waals surface area contributed by atoms with Crippen molar-refractivity contribution in [3.8, 4) is 5.75 Å². The Kier molecular flexibility index (Phi) is 5.09. The molecule has 4 heteroatoms. The molecule has 1 aromatic rings. The fourth-order valence-corrected chi connectivity index (χ4v) is 2.65. The standard InChI is InChI=1S/C11H15Br2NO/c1-3-4-14-7(2)9-5-8(12)6-10(13)11(9)15/h5-7,14-15H,3-4H2,1-2H3. The third kappa shape index (κ3) is 3.47. The minimum atomic E-state index is 0.152. The van der Waals surface area contributed by atoms with Gasteiger partial charge in [0.15, 0.2) is 0 Å². The average molecular weight is 337 g/mol. The predicted molar refractivity (Wildman–Crippen MR) is 70.2 cm³/mol. The van der Waals surface area contributed by atoms with E-state index in [9.17, 15) is 5.11 Å². The van der Waals surface area contributed by atoms with Crippen LogP contribution < -0.4 is 5.32 Å². The first-order chi connectivity index (χ1) is 7.06. The summed E-state index contributed by atoms with van der Waals surface area (Å²) in [5.41, 5.74) is 0.907. The molecule has 2 nitrogen and oxygen atoms in total. The smallest absolute Gasteiger partial charge is 0.134 e. The number of phenols is 1. The second kappa shape index (κ2) is 5.87. The predicted octanol–water partition coefficient (Wildman–Crippen LogP) is 3.98. The minimum absolute atomic E-state index is 0.152. The lowest BCUT2D eigenvalue weighted by molar-refractivity contribution is 0.449. The lowest BCUT2D eigenvalue weighted by Gasteiger charge is -2.16. The number of benzene rings is 1. The van der Waals surface area contributed by atoms with Gasteiger partial charge in [0.2, 0.25) is 0 Å².